The summed E-state index contributed by atoms with van der Waals surface area (Å²) in [7, 11) is 1.59. The first-order chi connectivity index (χ1) is 9.00. The molecule has 0 aromatic carbocycles. The monoisotopic (exact) mass is 328 g/mol. The first-order valence-corrected chi connectivity index (χ1v) is 6.49. The van der Waals surface area contributed by atoms with Gasteiger partial charge in [0.15, 0.2) is 0 Å². The summed E-state index contributed by atoms with van der Waals surface area (Å²) < 4.78 is 5.73. The molecule has 0 spiro atoms. The molecule has 0 saturated carbocycles. The van der Waals surface area contributed by atoms with E-state index >= 15 is 0 Å². The number of halogens is 1. The van der Waals surface area contributed by atoms with Crippen molar-refractivity contribution >= 4 is 27.8 Å². The van der Waals surface area contributed by atoms with Crippen molar-refractivity contribution < 1.29 is 19.4 Å². The molecule has 102 valence electrons. The summed E-state index contributed by atoms with van der Waals surface area (Å²) in [6.07, 6.45) is 1.52. The molecule has 7 heteroatoms. The van der Waals surface area contributed by atoms with Gasteiger partial charge in [-0.15, -0.1) is 0 Å². The lowest BCUT2D eigenvalue weighted by molar-refractivity contribution is -0.142. The highest BCUT2D eigenvalue weighted by Gasteiger charge is 2.38. The molecule has 1 amide bonds. The van der Waals surface area contributed by atoms with Gasteiger partial charge in [-0.05, 0) is 28.1 Å². The van der Waals surface area contributed by atoms with E-state index < -0.39 is 17.9 Å². The smallest absolute Gasteiger partial charge is 0.311 e. The van der Waals surface area contributed by atoms with Crippen LogP contribution in [0.2, 0.25) is 0 Å². The van der Waals surface area contributed by atoms with E-state index in [1.807, 2.05) is 0 Å². The van der Waals surface area contributed by atoms with Gasteiger partial charge < -0.3 is 14.7 Å². The number of aliphatic carboxylic acids is 1. The Labute approximate surface area is 118 Å². The summed E-state index contributed by atoms with van der Waals surface area (Å²) in [5.41, 5.74) is 0.459. The van der Waals surface area contributed by atoms with Gasteiger partial charge in [0.25, 0.3) is 5.91 Å². The van der Waals surface area contributed by atoms with Crippen molar-refractivity contribution in [2.75, 3.05) is 20.3 Å². The zero-order valence-electron chi connectivity index (χ0n) is 10.2. The van der Waals surface area contributed by atoms with E-state index in [1.54, 1.807) is 19.2 Å². The molecule has 1 aliphatic heterocycles. The largest absolute Gasteiger partial charge is 0.481 e. The van der Waals surface area contributed by atoms with Crippen molar-refractivity contribution in [1.82, 2.24) is 9.88 Å². The van der Waals surface area contributed by atoms with E-state index in [1.165, 1.54) is 11.1 Å². The number of nitrogens with zero attached hydrogens (tertiary/aromatic N) is 2. The van der Waals surface area contributed by atoms with E-state index in [2.05, 4.69) is 20.9 Å². The second-order valence-electron chi connectivity index (χ2n) is 4.33. The summed E-state index contributed by atoms with van der Waals surface area (Å²) in [6, 6.07) is 2.75. The maximum absolute atomic E-state index is 12.3. The second-order valence-corrected chi connectivity index (χ2v) is 5.15. The quantitative estimate of drug-likeness (QED) is 0.838. The average molecular weight is 329 g/mol. The summed E-state index contributed by atoms with van der Waals surface area (Å²) in [5, 5.41) is 9.09. The number of amides is 1. The number of carboxylic acid groups (broad SMARTS) is 1. The van der Waals surface area contributed by atoms with Crippen LogP contribution >= 0.6 is 15.9 Å². The van der Waals surface area contributed by atoms with E-state index in [0.29, 0.717) is 10.2 Å². The lowest BCUT2D eigenvalue weighted by Crippen LogP contribution is -2.44. The number of likely N-dealkylation sites (N-methyl/N-ethyl adjacent to an activating group) is 1. The summed E-state index contributed by atoms with van der Waals surface area (Å²) in [6.45, 7) is 0.378. The number of carbonyl (C=O) groups is 2. The first-order valence-electron chi connectivity index (χ1n) is 5.70. The maximum Gasteiger partial charge on any atom is 0.311 e. The summed E-state index contributed by atoms with van der Waals surface area (Å²) in [5.74, 6) is -1.87. The van der Waals surface area contributed by atoms with Gasteiger partial charge in [-0.3, -0.25) is 9.59 Å². The Kier molecular flexibility index (Phi) is 4.16. The fraction of sp³-hybridized carbons (Fsp3) is 0.417. The number of rotatable bonds is 3. The van der Waals surface area contributed by atoms with Gasteiger partial charge >= 0.3 is 5.97 Å². The summed E-state index contributed by atoms with van der Waals surface area (Å²) >= 11 is 3.20. The van der Waals surface area contributed by atoms with Gasteiger partial charge in [-0.1, -0.05) is 0 Å². The van der Waals surface area contributed by atoms with E-state index in [-0.39, 0.29) is 19.1 Å². The van der Waals surface area contributed by atoms with Gasteiger partial charge in [-0.2, -0.15) is 0 Å². The number of hydrogen-bond acceptors (Lipinski definition) is 4. The van der Waals surface area contributed by atoms with Crippen LogP contribution < -0.4 is 0 Å². The standard InChI is InChI=1S/C12H13BrN2O4/c1-15(9-6-19-5-8(9)12(17)18)11(16)7-2-3-14-10(13)4-7/h2-4,8-9H,5-6H2,1H3,(H,17,18). The van der Waals surface area contributed by atoms with Crippen LogP contribution in [-0.4, -0.2) is 53.2 Å². The molecule has 1 aromatic rings. The third-order valence-corrected chi connectivity index (χ3v) is 3.59. The van der Waals surface area contributed by atoms with Crippen LogP contribution in [0.4, 0.5) is 0 Å². The Bertz CT molecular complexity index is 508. The van der Waals surface area contributed by atoms with Crippen molar-refractivity contribution in [2.45, 2.75) is 6.04 Å². The fourth-order valence-corrected chi connectivity index (χ4v) is 2.42. The van der Waals surface area contributed by atoms with Gasteiger partial charge in [0.2, 0.25) is 0 Å². The van der Waals surface area contributed by atoms with Crippen LogP contribution in [0.25, 0.3) is 0 Å². The highest BCUT2D eigenvalue weighted by molar-refractivity contribution is 9.10. The fourth-order valence-electron chi connectivity index (χ4n) is 2.05. The minimum Gasteiger partial charge on any atom is -0.481 e. The zero-order chi connectivity index (χ0) is 14.0. The molecule has 19 heavy (non-hydrogen) atoms. The van der Waals surface area contributed by atoms with Gasteiger partial charge in [0.1, 0.15) is 10.5 Å². The maximum atomic E-state index is 12.3. The second kappa shape index (κ2) is 5.66. The molecule has 6 nitrogen and oxygen atoms in total. The molecule has 2 atom stereocenters. The molecule has 2 rings (SSSR count). The van der Waals surface area contributed by atoms with Crippen LogP contribution in [0.15, 0.2) is 22.9 Å². The van der Waals surface area contributed by atoms with E-state index in [0.717, 1.165) is 0 Å². The topological polar surface area (TPSA) is 79.7 Å². The Morgan fingerprint density at radius 2 is 2.26 bits per heavy atom. The lowest BCUT2D eigenvalue weighted by Gasteiger charge is -2.26. The third kappa shape index (κ3) is 2.93. The molecule has 0 radical (unpaired) electrons. The van der Waals surface area contributed by atoms with Crippen LogP contribution in [0, 0.1) is 5.92 Å². The molecular formula is C12H13BrN2O4. The molecule has 0 aliphatic carbocycles. The van der Waals surface area contributed by atoms with Crippen molar-refractivity contribution in [3.63, 3.8) is 0 Å². The first kappa shape index (κ1) is 14.0. The minimum absolute atomic E-state index is 0.137. The average Bonchev–Trinajstić information content (AvgIpc) is 2.86. The van der Waals surface area contributed by atoms with Crippen LogP contribution in [0.5, 0.6) is 0 Å². The van der Waals surface area contributed by atoms with E-state index in [9.17, 15) is 9.59 Å². The SMILES string of the molecule is CN(C(=O)c1ccnc(Br)c1)C1COCC1C(=O)O. The zero-order valence-corrected chi connectivity index (χ0v) is 11.8. The van der Waals surface area contributed by atoms with Gasteiger partial charge in [0, 0.05) is 18.8 Å². The van der Waals surface area contributed by atoms with Gasteiger partial charge in [-0.25, -0.2) is 4.98 Å². The molecule has 2 heterocycles. The van der Waals surface area contributed by atoms with Gasteiger partial charge in [0.05, 0.1) is 19.3 Å². The summed E-state index contributed by atoms with van der Waals surface area (Å²) in [4.78, 5) is 28.7. The van der Waals surface area contributed by atoms with Crippen molar-refractivity contribution in [3.8, 4) is 0 Å². The highest BCUT2D eigenvalue weighted by Crippen LogP contribution is 2.21. The number of ether oxygens (including phenoxy) is 1. The molecule has 1 aliphatic rings. The number of pyridine rings is 1. The van der Waals surface area contributed by atoms with Crippen LogP contribution in [-0.2, 0) is 9.53 Å². The lowest BCUT2D eigenvalue weighted by atomic mass is 10.0. The molecular weight excluding hydrogens is 316 g/mol. The third-order valence-electron chi connectivity index (χ3n) is 3.16. The predicted octanol–water partition coefficient (Wildman–Crippen LogP) is 1.02. The molecule has 1 fully saturated rings. The van der Waals surface area contributed by atoms with Crippen LogP contribution in [0.1, 0.15) is 10.4 Å². The van der Waals surface area contributed by atoms with Crippen molar-refractivity contribution in [3.05, 3.63) is 28.5 Å². The number of carbonyl (C=O) groups excluding carboxylic acids is 1. The number of hydrogen-bond donors (Lipinski definition) is 1. The number of carboxylic acids is 1. The molecule has 1 aromatic heterocycles. The minimum atomic E-state index is -0.946. The Morgan fingerprint density at radius 1 is 1.53 bits per heavy atom. The van der Waals surface area contributed by atoms with Crippen molar-refractivity contribution in [2.24, 2.45) is 5.92 Å². The Hall–Kier alpha value is -1.47. The van der Waals surface area contributed by atoms with E-state index in [4.69, 9.17) is 9.84 Å². The molecule has 0 bridgehead atoms. The Morgan fingerprint density at radius 3 is 2.89 bits per heavy atom. The molecule has 1 N–H and O–H groups in total. The molecule has 1 saturated heterocycles. The molecule has 2 unspecified atom stereocenters. The number of aromatic nitrogens is 1. The van der Waals surface area contributed by atoms with Crippen LogP contribution in [0.3, 0.4) is 0 Å². The highest BCUT2D eigenvalue weighted by atomic mass is 79.9. The normalized spacial score (nSPS) is 22.2. The predicted molar refractivity (Wildman–Crippen MR) is 69.8 cm³/mol. The Balaban J connectivity index is 2.17. The van der Waals surface area contributed by atoms with Crippen molar-refractivity contribution in [1.29, 1.82) is 0 Å².